The molecule has 148 valence electrons. The molecule has 0 amide bonds. The van der Waals surface area contributed by atoms with E-state index < -0.39 is 0 Å². The highest BCUT2D eigenvalue weighted by molar-refractivity contribution is 7.22. The van der Waals surface area contributed by atoms with Gasteiger partial charge in [0.05, 0.1) is 29.8 Å². The van der Waals surface area contributed by atoms with Crippen LogP contribution in [0.25, 0.3) is 21.3 Å². The zero-order valence-electron chi connectivity index (χ0n) is 15.8. The monoisotopic (exact) mass is 409 g/mol. The van der Waals surface area contributed by atoms with E-state index in [9.17, 15) is 4.39 Å². The fraction of sp³-hybridized carbons (Fsp3) is 0.333. The molecule has 0 bridgehead atoms. The minimum Gasteiger partial charge on any atom is -0.378 e. The third kappa shape index (κ3) is 2.94. The molecule has 2 aliphatic rings. The van der Waals surface area contributed by atoms with Crippen molar-refractivity contribution >= 4 is 43.4 Å². The van der Waals surface area contributed by atoms with Crippen LogP contribution in [0.1, 0.15) is 11.3 Å². The Hall–Kier alpha value is -2.71. The van der Waals surface area contributed by atoms with Crippen molar-refractivity contribution in [3.63, 3.8) is 0 Å². The first-order chi connectivity index (χ1) is 14.2. The van der Waals surface area contributed by atoms with Gasteiger partial charge in [0, 0.05) is 54.8 Å². The third-order valence-electron chi connectivity index (χ3n) is 5.81. The van der Waals surface area contributed by atoms with E-state index in [0.29, 0.717) is 0 Å². The van der Waals surface area contributed by atoms with Crippen molar-refractivity contribution in [3.05, 3.63) is 47.5 Å². The number of pyridine rings is 1. The zero-order chi connectivity index (χ0) is 19.4. The largest absolute Gasteiger partial charge is 0.378 e. The highest BCUT2D eigenvalue weighted by atomic mass is 32.1. The van der Waals surface area contributed by atoms with E-state index in [-0.39, 0.29) is 5.82 Å². The summed E-state index contributed by atoms with van der Waals surface area (Å²) < 4.78 is 20.1. The standard InChI is InChI=1S/C21H20FN5OS/c22-13-1-2-15-16-12-27(4-3-17(16)24-18(15)9-13)14-10-19-20(23-11-14)25-21(29-19)26-5-7-28-8-6-26/h1-2,9-11,24H,3-8,12H2. The summed E-state index contributed by atoms with van der Waals surface area (Å²) in [5, 5.41) is 2.13. The quantitative estimate of drug-likeness (QED) is 0.547. The molecule has 0 spiro atoms. The maximum absolute atomic E-state index is 13.6. The molecular formula is C21H20FN5OS. The van der Waals surface area contributed by atoms with Gasteiger partial charge < -0.3 is 19.5 Å². The second-order valence-electron chi connectivity index (χ2n) is 7.55. The van der Waals surface area contributed by atoms with Crippen molar-refractivity contribution in [1.29, 1.82) is 0 Å². The number of halogens is 1. The van der Waals surface area contributed by atoms with Crippen LogP contribution in [0.3, 0.4) is 0 Å². The Balaban J connectivity index is 1.32. The van der Waals surface area contributed by atoms with E-state index in [1.807, 2.05) is 12.3 Å². The van der Waals surface area contributed by atoms with Gasteiger partial charge in [0.1, 0.15) is 5.82 Å². The fourth-order valence-electron chi connectivity index (χ4n) is 4.28. The summed E-state index contributed by atoms with van der Waals surface area (Å²) in [6.07, 6.45) is 2.83. The molecule has 0 saturated carbocycles. The van der Waals surface area contributed by atoms with Crippen LogP contribution in [0.15, 0.2) is 30.5 Å². The molecule has 0 atom stereocenters. The van der Waals surface area contributed by atoms with Crippen LogP contribution in [0.5, 0.6) is 0 Å². The maximum atomic E-state index is 13.6. The van der Waals surface area contributed by atoms with Crippen molar-refractivity contribution in [2.75, 3.05) is 42.6 Å². The Bertz CT molecular complexity index is 1210. The summed E-state index contributed by atoms with van der Waals surface area (Å²) in [5.74, 6) is -0.205. The predicted molar refractivity (Wildman–Crippen MR) is 113 cm³/mol. The Labute approximate surface area is 170 Å². The van der Waals surface area contributed by atoms with E-state index in [0.717, 1.165) is 77.9 Å². The molecule has 1 aromatic carbocycles. The molecule has 0 unspecified atom stereocenters. The first kappa shape index (κ1) is 17.2. The van der Waals surface area contributed by atoms with Crippen LogP contribution in [0.2, 0.25) is 0 Å². The van der Waals surface area contributed by atoms with E-state index in [1.165, 1.54) is 17.3 Å². The molecule has 2 aliphatic heterocycles. The molecular weight excluding hydrogens is 389 g/mol. The van der Waals surface area contributed by atoms with Crippen LogP contribution in [0, 0.1) is 5.82 Å². The third-order valence-corrected chi connectivity index (χ3v) is 6.86. The predicted octanol–water partition coefficient (Wildman–Crippen LogP) is 3.71. The normalized spacial score (nSPS) is 17.3. The van der Waals surface area contributed by atoms with Gasteiger partial charge in [0.15, 0.2) is 10.8 Å². The molecule has 1 N–H and O–H groups in total. The van der Waals surface area contributed by atoms with Gasteiger partial charge >= 0.3 is 0 Å². The van der Waals surface area contributed by atoms with Crippen LogP contribution < -0.4 is 9.80 Å². The number of anilines is 2. The number of hydrogen-bond acceptors (Lipinski definition) is 6. The smallest absolute Gasteiger partial charge is 0.188 e. The Kier molecular flexibility index (Phi) is 3.95. The van der Waals surface area contributed by atoms with Crippen LogP contribution >= 0.6 is 11.3 Å². The number of nitrogens with one attached hydrogen (secondary N) is 1. The van der Waals surface area contributed by atoms with E-state index in [4.69, 9.17) is 9.72 Å². The molecule has 0 radical (unpaired) electrons. The fourth-order valence-corrected chi connectivity index (χ4v) is 5.29. The molecule has 4 aromatic rings. The van der Waals surface area contributed by atoms with Gasteiger partial charge in [-0.15, -0.1) is 0 Å². The molecule has 6 nitrogen and oxygen atoms in total. The van der Waals surface area contributed by atoms with Crippen LogP contribution in [-0.2, 0) is 17.7 Å². The number of H-pyrrole nitrogens is 1. The van der Waals surface area contributed by atoms with Gasteiger partial charge in [-0.25, -0.2) is 9.37 Å². The highest BCUT2D eigenvalue weighted by Crippen LogP contribution is 2.34. The second-order valence-corrected chi connectivity index (χ2v) is 8.56. The van der Waals surface area contributed by atoms with Gasteiger partial charge in [-0.05, 0) is 24.3 Å². The Morgan fingerprint density at radius 3 is 2.90 bits per heavy atom. The molecule has 3 aromatic heterocycles. The summed E-state index contributed by atoms with van der Waals surface area (Å²) in [5.41, 5.74) is 5.26. The molecule has 29 heavy (non-hydrogen) atoms. The first-order valence-electron chi connectivity index (χ1n) is 9.88. The first-order valence-corrected chi connectivity index (χ1v) is 10.7. The average molecular weight is 409 g/mol. The van der Waals surface area contributed by atoms with Crippen molar-refractivity contribution in [3.8, 4) is 0 Å². The number of thiazole rings is 1. The van der Waals surface area contributed by atoms with Crippen molar-refractivity contribution in [1.82, 2.24) is 15.0 Å². The highest BCUT2D eigenvalue weighted by Gasteiger charge is 2.22. The lowest BCUT2D eigenvalue weighted by Crippen LogP contribution is -2.36. The molecule has 0 aliphatic carbocycles. The molecule has 1 fully saturated rings. The number of morpholine rings is 1. The lowest BCUT2D eigenvalue weighted by molar-refractivity contribution is 0.122. The van der Waals surface area contributed by atoms with Gasteiger partial charge in [0.2, 0.25) is 0 Å². The number of aromatic amines is 1. The minimum absolute atomic E-state index is 0.205. The summed E-state index contributed by atoms with van der Waals surface area (Å²) in [7, 11) is 0. The van der Waals surface area contributed by atoms with Gasteiger partial charge in [0.25, 0.3) is 0 Å². The summed E-state index contributed by atoms with van der Waals surface area (Å²) >= 11 is 1.70. The molecule has 8 heteroatoms. The maximum Gasteiger partial charge on any atom is 0.188 e. The lowest BCUT2D eigenvalue weighted by Gasteiger charge is -2.29. The zero-order valence-corrected chi connectivity index (χ0v) is 16.6. The van der Waals surface area contributed by atoms with Crippen molar-refractivity contribution < 1.29 is 9.13 Å². The summed E-state index contributed by atoms with van der Waals surface area (Å²) in [6.45, 7) is 4.96. The number of ether oxygens (including phenoxy) is 1. The number of benzene rings is 1. The van der Waals surface area contributed by atoms with Crippen LogP contribution in [0.4, 0.5) is 15.2 Å². The summed E-state index contributed by atoms with van der Waals surface area (Å²) in [4.78, 5) is 17.4. The van der Waals surface area contributed by atoms with Gasteiger partial charge in [-0.3, -0.25) is 0 Å². The molecule has 1 saturated heterocycles. The number of hydrogen-bond donors (Lipinski definition) is 1. The number of fused-ring (bicyclic) bond motifs is 4. The lowest BCUT2D eigenvalue weighted by atomic mass is 10.0. The topological polar surface area (TPSA) is 57.3 Å². The Morgan fingerprint density at radius 2 is 2.00 bits per heavy atom. The summed E-state index contributed by atoms with van der Waals surface area (Å²) in [6, 6.07) is 7.19. The number of rotatable bonds is 2. The van der Waals surface area contributed by atoms with Gasteiger partial charge in [-0.1, -0.05) is 11.3 Å². The van der Waals surface area contributed by atoms with E-state index in [1.54, 1.807) is 17.4 Å². The van der Waals surface area contributed by atoms with Crippen molar-refractivity contribution in [2.45, 2.75) is 13.0 Å². The van der Waals surface area contributed by atoms with Crippen molar-refractivity contribution in [2.24, 2.45) is 0 Å². The average Bonchev–Trinajstić information content (AvgIpc) is 3.34. The van der Waals surface area contributed by atoms with E-state index in [2.05, 4.69) is 25.8 Å². The van der Waals surface area contributed by atoms with Crippen LogP contribution in [-0.4, -0.2) is 47.8 Å². The van der Waals surface area contributed by atoms with E-state index >= 15 is 0 Å². The molecule has 5 heterocycles. The minimum atomic E-state index is -0.205. The second kappa shape index (κ2) is 6.67. The SMILES string of the molecule is Fc1ccc2c3c([nH]c2c1)CCN(c1cnc2nc(N4CCOCC4)sc2c1)C3. The molecule has 6 rings (SSSR count). The van der Waals surface area contributed by atoms with Gasteiger partial charge in [-0.2, -0.15) is 4.98 Å². The Morgan fingerprint density at radius 1 is 1.10 bits per heavy atom. The number of aromatic nitrogens is 3. The number of nitrogens with zero attached hydrogens (tertiary/aromatic N) is 4.